The molecule has 0 aromatic heterocycles. The SMILES string of the molecule is COc1ccc(C(C)=NNC(=O)C(=O)Nc2ccc(C#N)cc2)cc1OC. The Morgan fingerprint density at radius 1 is 1.00 bits per heavy atom. The minimum atomic E-state index is -0.917. The van der Waals surface area contributed by atoms with E-state index in [-0.39, 0.29) is 0 Å². The van der Waals surface area contributed by atoms with Crippen LogP contribution in [0.2, 0.25) is 0 Å². The molecule has 8 heteroatoms. The van der Waals surface area contributed by atoms with Crippen LogP contribution in [0.1, 0.15) is 18.1 Å². The van der Waals surface area contributed by atoms with Gasteiger partial charge < -0.3 is 14.8 Å². The molecule has 0 spiro atoms. The number of ether oxygens (including phenoxy) is 2. The van der Waals surface area contributed by atoms with E-state index in [9.17, 15) is 9.59 Å². The molecule has 0 saturated carbocycles. The fourth-order valence-corrected chi connectivity index (χ4v) is 2.13. The van der Waals surface area contributed by atoms with Gasteiger partial charge in [0.05, 0.1) is 31.6 Å². The Morgan fingerprint density at radius 2 is 1.67 bits per heavy atom. The van der Waals surface area contributed by atoms with Crippen LogP contribution in [0, 0.1) is 11.3 Å². The number of methoxy groups -OCH3 is 2. The van der Waals surface area contributed by atoms with Gasteiger partial charge in [-0.25, -0.2) is 5.43 Å². The lowest BCUT2D eigenvalue weighted by molar-refractivity contribution is -0.136. The highest BCUT2D eigenvalue weighted by Crippen LogP contribution is 2.27. The molecule has 2 N–H and O–H groups in total. The van der Waals surface area contributed by atoms with Crippen molar-refractivity contribution in [2.75, 3.05) is 19.5 Å². The van der Waals surface area contributed by atoms with Crippen LogP contribution in [0.4, 0.5) is 5.69 Å². The zero-order chi connectivity index (χ0) is 19.8. The van der Waals surface area contributed by atoms with Crippen molar-refractivity contribution < 1.29 is 19.1 Å². The molecule has 2 aromatic rings. The van der Waals surface area contributed by atoms with Crippen molar-refractivity contribution in [3.63, 3.8) is 0 Å². The van der Waals surface area contributed by atoms with E-state index in [0.717, 1.165) is 0 Å². The van der Waals surface area contributed by atoms with Gasteiger partial charge in [0.2, 0.25) is 0 Å². The van der Waals surface area contributed by atoms with Gasteiger partial charge in [0, 0.05) is 11.3 Å². The lowest BCUT2D eigenvalue weighted by atomic mass is 10.1. The highest BCUT2D eigenvalue weighted by Gasteiger charge is 2.14. The molecule has 0 heterocycles. The fourth-order valence-electron chi connectivity index (χ4n) is 2.13. The number of hydrogen-bond donors (Lipinski definition) is 2. The molecule has 0 aliphatic rings. The van der Waals surface area contributed by atoms with Gasteiger partial charge in [-0.3, -0.25) is 9.59 Å². The number of amides is 2. The number of nitrogens with one attached hydrogen (secondary N) is 2. The van der Waals surface area contributed by atoms with Crippen LogP contribution >= 0.6 is 0 Å². The summed E-state index contributed by atoms with van der Waals surface area (Å²) in [5.41, 5.74) is 4.23. The van der Waals surface area contributed by atoms with Gasteiger partial charge in [-0.2, -0.15) is 10.4 Å². The average Bonchev–Trinajstić information content (AvgIpc) is 2.71. The minimum absolute atomic E-state index is 0.398. The third-order valence-corrected chi connectivity index (χ3v) is 3.60. The molecular weight excluding hydrogens is 348 g/mol. The van der Waals surface area contributed by atoms with E-state index in [1.54, 1.807) is 25.1 Å². The molecule has 0 atom stereocenters. The minimum Gasteiger partial charge on any atom is -0.493 e. The van der Waals surface area contributed by atoms with E-state index < -0.39 is 11.8 Å². The normalized spacial score (nSPS) is 10.5. The van der Waals surface area contributed by atoms with E-state index in [0.29, 0.717) is 34.0 Å². The van der Waals surface area contributed by atoms with Crippen LogP contribution in [-0.4, -0.2) is 31.7 Å². The van der Waals surface area contributed by atoms with Crippen molar-refractivity contribution in [3.05, 3.63) is 53.6 Å². The van der Waals surface area contributed by atoms with Crippen LogP contribution in [0.25, 0.3) is 0 Å². The number of benzene rings is 2. The van der Waals surface area contributed by atoms with Crippen molar-refractivity contribution >= 4 is 23.2 Å². The van der Waals surface area contributed by atoms with Gasteiger partial charge >= 0.3 is 11.8 Å². The zero-order valence-corrected chi connectivity index (χ0v) is 15.1. The molecule has 0 aliphatic carbocycles. The van der Waals surface area contributed by atoms with Crippen LogP contribution in [0.5, 0.6) is 11.5 Å². The largest absolute Gasteiger partial charge is 0.493 e. The Balaban J connectivity index is 2.01. The predicted molar refractivity (Wildman–Crippen MR) is 99.7 cm³/mol. The molecular formula is C19H18N4O4. The Bertz CT molecular complexity index is 914. The summed E-state index contributed by atoms with van der Waals surface area (Å²) in [6.45, 7) is 1.68. The Labute approximate surface area is 156 Å². The van der Waals surface area contributed by atoms with Crippen molar-refractivity contribution in [2.45, 2.75) is 6.92 Å². The summed E-state index contributed by atoms with van der Waals surface area (Å²) in [5.74, 6) is -0.697. The van der Waals surface area contributed by atoms with Crippen molar-refractivity contribution in [1.29, 1.82) is 5.26 Å². The number of rotatable bonds is 5. The van der Waals surface area contributed by atoms with Crippen molar-refractivity contribution in [2.24, 2.45) is 5.10 Å². The number of carbonyl (C=O) groups is 2. The predicted octanol–water partition coefficient (Wildman–Crippen LogP) is 2.05. The summed E-state index contributed by atoms with van der Waals surface area (Å²) in [6, 6.07) is 13.3. The van der Waals surface area contributed by atoms with Crippen LogP contribution in [-0.2, 0) is 9.59 Å². The van der Waals surface area contributed by atoms with Gasteiger partial charge in [-0.05, 0) is 49.4 Å². The number of nitrogens with zero attached hydrogens (tertiary/aromatic N) is 2. The zero-order valence-electron chi connectivity index (χ0n) is 15.1. The van der Waals surface area contributed by atoms with E-state index in [4.69, 9.17) is 14.7 Å². The summed E-state index contributed by atoms with van der Waals surface area (Å²) < 4.78 is 10.4. The Morgan fingerprint density at radius 3 is 2.26 bits per heavy atom. The quantitative estimate of drug-likeness (QED) is 0.478. The van der Waals surface area contributed by atoms with Gasteiger partial charge in [-0.1, -0.05) is 0 Å². The molecule has 2 rings (SSSR count). The number of hydrogen-bond acceptors (Lipinski definition) is 6. The molecule has 0 aliphatic heterocycles. The van der Waals surface area contributed by atoms with Gasteiger partial charge in [0.25, 0.3) is 0 Å². The summed E-state index contributed by atoms with van der Waals surface area (Å²) >= 11 is 0. The maximum atomic E-state index is 11.9. The standard InChI is InChI=1S/C19H18N4O4/c1-12(14-6-9-16(26-2)17(10-14)27-3)22-23-19(25)18(24)21-15-7-4-13(11-20)5-8-15/h4-10H,1-3H3,(H,21,24)(H,23,25). The third kappa shape index (κ3) is 5.06. The number of anilines is 1. The molecule has 8 nitrogen and oxygen atoms in total. The second-order valence-corrected chi connectivity index (χ2v) is 5.35. The summed E-state index contributed by atoms with van der Waals surface area (Å²) in [6.07, 6.45) is 0. The van der Waals surface area contributed by atoms with Gasteiger partial charge in [0.1, 0.15) is 0 Å². The molecule has 0 fully saturated rings. The van der Waals surface area contributed by atoms with Crippen molar-refractivity contribution in [3.8, 4) is 17.6 Å². The summed E-state index contributed by atoms with van der Waals surface area (Å²) in [7, 11) is 3.05. The van der Waals surface area contributed by atoms with Gasteiger partial charge in [-0.15, -0.1) is 0 Å². The van der Waals surface area contributed by atoms with E-state index in [1.165, 1.54) is 38.5 Å². The summed E-state index contributed by atoms with van der Waals surface area (Å²) in [4.78, 5) is 23.8. The second kappa shape index (κ2) is 9.01. The van der Waals surface area contributed by atoms with Crippen LogP contribution < -0.4 is 20.2 Å². The maximum Gasteiger partial charge on any atom is 0.329 e. The van der Waals surface area contributed by atoms with E-state index >= 15 is 0 Å². The maximum absolute atomic E-state index is 11.9. The van der Waals surface area contributed by atoms with Crippen molar-refractivity contribution in [1.82, 2.24) is 5.43 Å². The molecule has 27 heavy (non-hydrogen) atoms. The average molecular weight is 366 g/mol. The lowest BCUT2D eigenvalue weighted by Crippen LogP contribution is -2.32. The number of hydrazone groups is 1. The first-order valence-electron chi connectivity index (χ1n) is 7.86. The van der Waals surface area contributed by atoms with E-state index in [1.807, 2.05) is 6.07 Å². The highest BCUT2D eigenvalue weighted by molar-refractivity contribution is 6.39. The molecule has 0 bridgehead atoms. The molecule has 0 unspecified atom stereocenters. The first-order chi connectivity index (χ1) is 13.0. The van der Waals surface area contributed by atoms with Crippen LogP contribution in [0.15, 0.2) is 47.6 Å². The van der Waals surface area contributed by atoms with E-state index in [2.05, 4.69) is 15.8 Å². The smallest absolute Gasteiger partial charge is 0.329 e. The number of nitriles is 1. The van der Waals surface area contributed by atoms with Crippen LogP contribution in [0.3, 0.4) is 0 Å². The topological polar surface area (TPSA) is 113 Å². The monoisotopic (exact) mass is 366 g/mol. The third-order valence-electron chi connectivity index (χ3n) is 3.60. The fraction of sp³-hybridized carbons (Fsp3) is 0.158. The molecule has 0 saturated heterocycles. The molecule has 2 amide bonds. The lowest BCUT2D eigenvalue weighted by Gasteiger charge is -2.09. The second-order valence-electron chi connectivity index (χ2n) is 5.35. The highest BCUT2D eigenvalue weighted by atomic mass is 16.5. The Hall–Kier alpha value is -3.86. The summed E-state index contributed by atoms with van der Waals surface area (Å²) in [5, 5.41) is 15.1. The molecule has 138 valence electrons. The first-order valence-corrected chi connectivity index (χ1v) is 7.86. The molecule has 2 aromatic carbocycles. The Kier molecular flexibility index (Phi) is 6.49. The number of carbonyl (C=O) groups excluding carboxylic acids is 2. The first kappa shape index (κ1) is 19.5. The van der Waals surface area contributed by atoms with Gasteiger partial charge in [0.15, 0.2) is 11.5 Å². The molecule has 0 radical (unpaired) electrons.